The summed E-state index contributed by atoms with van der Waals surface area (Å²) in [6.07, 6.45) is -0.750. The molecule has 1 aliphatic heterocycles. The van der Waals surface area contributed by atoms with Gasteiger partial charge in [-0.1, -0.05) is 42.2 Å². The Balaban J connectivity index is 1.67. The topological polar surface area (TPSA) is 32.7 Å². The molecule has 0 saturated carbocycles. The summed E-state index contributed by atoms with van der Waals surface area (Å²) in [7, 11) is 0. The molecule has 1 heterocycles. The molecule has 1 saturated heterocycles. The largest absolute Gasteiger partial charge is 0.378 e. The highest BCUT2D eigenvalue weighted by atomic mass is 16.5. The molecule has 0 radical (unpaired) electrons. The van der Waals surface area contributed by atoms with Crippen LogP contribution in [0.5, 0.6) is 0 Å². The van der Waals surface area contributed by atoms with Crippen LogP contribution in [0.15, 0.2) is 54.6 Å². The summed E-state index contributed by atoms with van der Waals surface area (Å²) in [6, 6.07) is 17.6. The van der Waals surface area contributed by atoms with Crippen molar-refractivity contribution in [1.29, 1.82) is 0 Å². The van der Waals surface area contributed by atoms with Crippen molar-refractivity contribution in [1.82, 2.24) is 0 Å². The Bertz CT molecular complexity index is 649. The number of aliphatic hydroxyl groups excluding tert-OH is 1. The molecule has 0 aromatic heterocycles. The third kappa shape index (κ3) is 3.67. The number of nitrogens with zero attached hydrogens (tertiary/aromatic N) is 1. The highest BCUT2D eigenvalue weighted by Gasteiger charge is 2.10. The molecule has 1 unspecified atom stereocenters. The van der Waals surface area contributed by atoms with Crippen molar-refractivity contribution in [2.24, 2.45) is 0 Å². The van der Waals surface area contributed by atoms with E-state index in [2.05, 4.69) is 28.9 Å². The Kier molecular flexibility index (Phi) is 4.75. The number of anilines is 1. The number of hydrogen-bond acceptors (Lipinski definition) is 3. The van der Waals surface area contributed by atoms with Crippen molar-refractivity contribution in [3.63, 3.8) is 0 Å². The van der Waals surface area contributed by atoms with Crippen LogP contribution in [0.25, 0.3) is 0 Å². The van der Waals surface area contributed by atoms with Crippen molar-refractivity contribution in [3.05, 3.63) is 65.7 Å². The molecule has 0 amide bonds. The fourth-order valence-electron chi connectivity index (χ4n) is 2.45. The molecule has 2 aromatic carbocycles. The fourth-order valence-corrected chi connectivity index (χ4v) is 2.45. The molecule has 3 rings (SSSR count). The minimum atomic E-state index is -0.750. The quantitative estimate of drug-likeness (QED) is 0.864. The summed E-state index contributed by atoms with van der Waals surface area (Å²) in [5.41, 5.74) is 2.92. The molecule has 3 nitrogen and oxygen atoms in total. The van der Waals surface area contributed by atoms with E-state index in [0.29, 0.717) is 0 Å². The molecule has 1 atom stereocenters. The zero-order chi connectivity index (χ0) is 15.2. The SMILES string of the molecule is OC(C#Cc1ccc(N2CCOCC2)cc1)c1ccccc1. The van der Waals surface area contributed by atoms with Crippen LogP contribution in [0, 0.1) is 11.8 Å². The number of aliphatic hydroxyl groups is 1. The molecule has 2 aromatic rings. The zero-order valence-corrected chi connectivity index (χ0v) is 12.4. The van der Waals surface area contributed by atoms with E-state index >= 15 is 0 Å². The van der Waals surface area contributed by atoms with Gasteiger partial charge in [0.1, 0.15) is 6.10 Å². The molecule has 22 heavy (non-hydrogen) atoms. The lowest BCUT2D eigenvalue weighted by Crippen LogP contribution is -2.36. The first-order valence-electron chi connectivity index (χ1n) is 7.50. The van der Waals surface area contributed by atoms with E-state index in [1.807, 2.05) is 42.5 Å². The summed E-state index contributed by atoms with van der Waals surface area (Å²) in [4.78, 5) is 2.31. The Morgan fingerprint density at radius 2 is 1.64 bits per heavy atom. The van der Waals surface area contributed by atoms with Crippen LogP contribution in [0.2, 0.25) is 0 Å². The Labute approximate surface area is 131 Å². The summed E-state index contributed by atoms with van der Waals surface area (Å²) in [6.45, 7) is 3.42. The highest BCUT2D eigenvalue weighted by molar-refractivity contribution is 5.51. The molecule has 0 aliphatic carbocycles. The Hall–Kier alpha value is -2.28. The Morgan fingerprint density at radius 1 is 0.955 bits per heavy atom. The van der Waals surface area contributed by atoms with Crippen LogP contribution in [0.1, 0.15) is 17.2 Å². The lowest BCUT2D eigenvalue weighted by atomic mass is 10.1. The predicted octanol–water partition coefficient (Wildman–Crippen LogP) is 2.61. The van der Waals surface area contributed by atoms with E-state index in [0.717, 1.165) is 37.4 Å². The van der Waals surface area contributed by atoms with Crippen LogP contribution in [0.3, 0.4) is 0 Å². The average molecular weight is 293 g/mol. The van der Waals surface area contributed by atoms with Gasteiger partial charge in [-0.15, -0.1) is 0 Å². The summed E-state index contributed by atoms with van der Waals surface area (Å²) < 4.78 is 5.36. The molecule has 3 heteroatoms. The smallest absolute Gasteiger partial charge is 0.140 e. The number of rotatable bonds is 2. The van der Waals surface area contributed by atoms with E-state index in [-0.39, 0.29) is 0 Å². The van der Waals surface area contributed by atoms with Gasteiger partial charge in [0.05, 0.1) is 13.2 Å². The van der Waals surface area contributed by atoms with Crippen LogP contribution >= 0.6 is 0 Å². The van der Waals surface area contributed by atoms with Gasteiger partial charge in [0, 0.05) is 24.3 Å². The Morgan fingerprint density at radius 3 is 2.32 bits per heavy atom. The van der Waals surface area contributed by atoms with Gasteiger partial charge in [0.2, 0.25) is 0 Å². The molecule has 112 valence electrons. The zero-order valence-electron chi connectivity index (χ0n) is 12.4. The second kappa shape index (κ2) is 7.13. The first-order valence-corrected chi connectivity index (χ1v) is 7.50. The molecule has 1 fully saturated rings. The van der Waals surface area contributed by atoms with Gasteiger partial charge in [0.15, 0.2) is 0 Å². The number of ether oxygens (including phenoxy) is 1. The van der Waals surface area contributed by atoms with E-state index < -0.39 is 6.10 Å². The van der Waals surface area contributed by atoms with Gasteiger partial charge >= 0.3 is 0 Å². The van der Waals surface area contributed by atoms with Gasteiger partial charge in [-0.05, 0) is 29.8 Å². The maximum atomic E-state index is 10.0. The maximum Gasteiger partial charge on any atom is 0.140 e. The molecule has 0 spiro atoms. The second-order valence-electron chi connectivity index (χ2n) is 5.23. The van der Waals surface area contributed by atoms with Crippen LogP contribution < -0.4 is 4.90 Å². The van der Waals surface area contributed by atoms with Crippen LogP contribution in [-0.4, -0.2) is 31.4 Å². The number of morpholine rings is 1. The number of benzene rings is 2. The van der Waals surface area contributed by atoms with Crippen LogP contribution in [-0.2, 0) is 4.74 Å². The molecule has 1 N–H and O–H groups in total. The number of hydrogen-bond donors (Lipinski definition) is 1. The summed E-state index contributed by atoms with van der Waals surface area (Å²) in [5.74, 6) is 5.92. The first kappa shape index (κ1) is 14.6. The molecular formula is C19H19NO2. The van der Waals surface area contributed by atoms with Gasteiger partial charge < -0.3 is 14.7 Å². The van der Waals surface area contributed by atoms with Gasteiger partial charge in [-0.25, -0.2) is 0 Å². The third-order valence-electron chi connectivity index (χ3n) is 3.71. The van der Waals surface area contributed by atoms with Gasteiger partial charge in [-0.3, -0.25) is 0 Å². The molecule has 1 aliphatic rings. The van der Waals surface area contributed by atoms with E-state index in [1.165, 1.54) is 5.69 Å². The van der Waals surface area contributed by atoms with Crippen molar-refractivity contribution in [2.75, 3.05) is 31.2 Å². The lowest BCUT2D eigenvalue weighted by Gasteiger charge is -2.28. The normalized spacial score (nSPS) is 15.8. The van der Waals surface area contributed by atoms with Gasteiger partial charge in [0.25, 0.3) is 0 Å². The monoisotopic (exact) mass is 293 g/mol. The minimum absolute atomic E-state index is 0.750. The predicted molar refractivity (Wildman–Crippen MR) is 87.8 cm³/mol. The van der Waals surface area contributed by atoms with Gasteiger partial charge in [-0.2, -0.15) is 0 Å². The maximum absolute atomic E-state index is 10.0. The molecule has 0 bridgehead atoms. The van der Waals surface area contributed by atoms with E-state index in [9.17, 15) is 5.11 Å². The molecular weight excluding hydrogens is 274 g/mol. The summed E-state index contributed by atoms with van der Waals surface area (Å²) >= 11 is 0. The van der Waals surface area contributed by atoms with Crippen molar-refractivity contribution >= 4 is 5.69 Å². The average Bonchev–Trinajstić information content (AvgIpc) is 2.61. The minimum Gasteiger partial charge on any atom is -0.378 e. The standard InChI is InChI=1S/C19H19NO2/c21-19(17-4-2-1-3-5-17)11-8-16-6-9-18(10-7-16)20-12-14-22-15-13-20/h1-7,9-10,19,21H,12-15H2. The fraction of sp³-hybridized carbons (Fsp3) is 0.263. The van der Waals surface area contributed by atoms with Crippen molar-refractivity contribution in [2.45, 2.75) is 6.10 Å². The van der Waals surface area contributed by atoms with E-state index in [4.69, 9.17) is 4.74 Å². The second-order valence-corrected chi connectivity index (χ2v) is 5.23. The van der Waals surface area contributed by atoms with Crippen LogP contribution in [0.4, 0.5) is 5.69 Å². The summed E-state index contributed by atoms with van der Waals surface area (Å²) in [5, 5.41) is 10.0. The van der Waals surface area contributed by atoms with Crippen molar-refractivity contribution < 1.29 is 9.84 Å². The highest BCUT2D eigenvalue weighted by Crippen LogP contribution is 2.16. The first-order chi connectivity index (χ1) is 10.8. The van der Waals surface area contributed by atoms with E-state index in [1.54, 1.807) is 0 Å². The van der Waals surface area contributed by atoms with Crippen molar-refractivity contribution in [3.8, 4) is 11.8 Å². The lowest BCUT2D eigenvalue weighted by molar-refractivity contribution is 0.122. The third-order valence-corrected chi connectivity index (χ3v) is 3.71.